The minimum Gasteiger partial charge on any atom is -0.394 e. The molecule has 1 saturated heterocycles. The average Bonchev–Trinajstić information content (AvgIpc) is 3.03. The number of rotatable bonds is 6. The lowest BCUT2D eigenvalue weighted by Crippen LogP contribution is -2.32. The average molecular weight is 276 g/mol. The first kappa shape index (κ1) is 13.6. The van der Waals surface area contributed by atoms with Crippen molar-refractivity contribution in [3.8, 4) is 0 Å². The molecule has 0 bridgehead atoms. The normalized spacial score (nSPS) is 28.7. The van der Waals surface area contributed by atoms with E-state index in [4.69, 9.17) is 0 Å². The van der Waals surface area contributed by atoms with Crippen LogP contribution in [0, 0.1) is 5.92 Å². The molecule has 1 aliphatic heterocycles. The Kier molecular flexibility index (Phi) is 4.05. The molecule has 3 unspecified atom stereocenters. The molecule has 0 aromatic carbocycles. The fourth-order valence-corrected chi connectivity index (χ4v) is 3.21. The Hall–Kier alpha value is -1.36. The van der Waals surface area contributed by atoms with Crippen molar-refractivity contribution in [3.63, 3.8) is 0 Å². The van der Waals surface area contributed by atoms with Crippen LogP contribution in [-0.2, 0) is 0 Å². The summed E-state index contributed by atoms with van der Waals surface area (Å²) in [5, 5.41) is 12.9. The molecule has 1 aliphatic carbocycles. The number of nitrogens with one attached hydrogen (secondary N) is 1. The summed E-state index contributed by atoms with van der Waals surface area (Å²) in [7, 11) is 0. The molecule has 5 nitrogen and oxygen atoms in total. The molecule has 2 N–H and O–H groups in total. The zero-order valence-electron chi connectivity index (χ0n) is 12.1. The second-order valence-electron chi connectivity index (χ2n) is 5.97. The molecule has 2 aliphatic rings. The number of hydrogen-bond acceptors (Lipinski definition) is 5. The SMILES string of the molecule is CCCC1CC1Nc1cc(N2CCCC2CO)ncn1. The van der Waals surface area contributed by atoms with Gasteiger partial charge in [0.25, 0.3) is 0 Å². The van der Waals surface area contributed by atoms with Crippen LogP contribution in [0.4, 0.5) is 11.6 Å². The van der Waals surface area contributed by atoms with Gasteiger partial charge in [-0.15, -0.1) is 0 Å². The predicted molar refractivity (Wildman–Crippen MR) is 79.9 cm³/mol. The van der Waals surface area contributed by atoms with E-state index < -0.39 is 0 Å². The molecule has 3 rings (SSSR count). The molecule has 5 heteroatoms. The van der Waals surface area contributed by atoms with E-state index in [-0.39, 0.29) is 12.6 Å². The summed E-state index contributed by atoms with van der Waals surface area (Å²) in [5.41, 5.74) is 0. The lowest BCUT2D eigenvalue weighted by Gasteiger charge is -2.24. The van der Waals surface area contributed by atoms with Crippen molar-refractivity contribution in [2.45, 2.75) is 51.1 Å². The number of aromatic nitrogens is 2. The van der Waals surface area contributed by atoms with Gasteiger partial charge in [0.15, 0.2) is 0 Å². The van der Waals surface area contributed by atoms with Crippen LogP contribution in [0.15, 0.2) is 12.4 Å². The molecule has 2 fully saturated rings. The highest BCUT2D eigenvalue weighted by Crippen LogP contribution is 2.37. The van der Waals surface area contributed by atoms with E-state index in [0.717, 1.165) is 36.9 Å². The van der Waals surface area contributed by atoms with Gasteiger partial charge >= 0.3 is 0 Å². The molecule has 3 atom stereocenters. The zero-order valence-corrected chi connectivity index (χ0v) is 12.1. The van der Waals surface area contributed by atoms with Crippen molar-refractivity contribution in [2.75, 3.05) is 23.4 Å². The van der Waals surface area contributed by atoms with E-state index in [1.165, 1.54) is 19.3 Å². The highest BCUT2D eigenvalue weighted by Gasteiger charge is 2.36. The number of hydrogen-bond donors (Lipinski definition) is 2. The third-order valence-corrected chi connectivity index (χ3v) is 4.45. The summed E-state index contributed by atoms with van der Waals surface area (Å²) in [5.74, 6) is 2.67. The number of nitrogens with zero attached hydrogens (tertiary/aromatic N) is 3. The van der Waals surface area contributed by atoms with E-state index in [9.17, 15) is 5.11 Å². The summed E-state index contributed by atoms with van der Waals surface area (Å²) in [6.07, 6.45) is 7.61. The quantitative estimate of drug-likeness (QED) is 0.832. The van der Waals surface area contributed by atoms with E-state index in [2.05, 4.69) is 27.1 Å². The summed E-state index contributed by atoms with van der Waals surface area (Å²) < 4.78 is 0. The minimum absolute atomic E-state index is 0.202. The molecule has 0 amide bonds. The first-order valence-electron chi connectivity index (χ1n) is 7.78. The van der Waals surface area contributed by atoms with Gasteiger partial charge in [-0.25, -0.2) is 9.97 Å². The fourth-order valence-electron chi connectivity index (χ4n) is 3.21. The Bertz CT molecular complexity index is 453. The minimum atomic E-state index is 0.202. The smallest absolute Gasteiger partial charge is 0.134 e. The maximum atomic E-state index is 9.42. The number of aliphatic hydroxyl groups is 1. The second-order valence-corrected chi connectivity index (χ2v) is 5.97. The molecule has 0 radical (unpaired) electrons. The number of anilines is 2. The van der Waals surface area contributed by atoms with Crippen LogP contribution in [0.1, 0.15) is 39.0 Å². The second kappa shape index (κ2) is 5.95. The largest absolute Gasteiger partial charge is 0.394 e. The summed E-state index contributed by atoms with van der Waals surface area (Å²) in [6, 6.07) is 2.83. The highest BCUT2D eigenvalue weighted by atomic mass is 16.3. The fraction of sp³-hybridized carbons (Fsp3) is 0.733. The first-order chi connectivity index (χ1) is 9.81. The lowest BCUT2D eigenvalue weighted by atomic mass is 10.2. The van der Waals surface area contributed by atoms with Crippen LogP contribution in [-0.4, -0.2) is 40.3 Å². The third-order valence-electron chi connectivity index (χ3n) is 4.45. The Morgan fingerprint density at radius 1 is 1.45 bits per heavy atom. The summed E-state index contributed by atoms with van der Waals surface area (Å²) >= 11 is 0. The van der Waals surface area contributed by atoms with Gasteiger partial charge in [0.05, 0.1) is 12.6 Å². The third kappa shape index (κ3) is 2.87. The Balaban J connectivity index is 1.64. The molecular formula is C15H24N4O. The van der Waals surface area contributed by atoms with Crippen molar-refractivity contribution < 1.29 is 5.11 Å². The van der Waals surface area contributed by atoms with Gasteiger partial charge in [0, 0.05) is 18.7 Å². The van der Waals surface area contributed by atoms with E-state index in [1.807, 2.05) is 6.07 Å². The predicted octanol–water partition coefficient (Wildman–Crippen LogP) is 2.04. The first-order valence-corrected chi connectivity index (χ1v) is 7.78. The van der Waals surface area contributed by atoms with Gasteiger partial charge in [0.2, 0.25) is 0 Å². The van der Waals surface area contributed by atoms with Crippen molar-refractivity contribution in [1.82, 2.24) is 9.97 Å². The zero-order chi connectivity index (χ0) is 13.9. The Morgan fingerprint density at radius 2 is 2.35 bits per heavy atom. The van der Waals surface area contributed by atoms with Crippen molar-refractivity contribution in [3.05, 3.63) is 12.4 Å². The van der Waals surface area contributed by atoms with Crippen molar-refractivity contribution >= 4 is 11.6 Å². The summed E-state index contributed by atoms with van der Waals surface area (Å²) in [6.45, 7) is 3.41. The van der Waals surface area contributed by atoms with Crippen molar-refractivity contribution in [1.29, 1.82) is 0 Å². The Labute approximate surface area is 120 Å². The molecule has 0 spiro atoms. The van der Waals surface area contributed by atoms with Crippen molar-refractivity contribution in [2.24, 2.45) is 5.92 Å². The topological polar surface area (TPSA) is 61.3 Å². The molecule has 1 aromatic rings. The van der Waals surface area contributed by atoms with E-state index >= 15 is 0 Å². The van der Waals surface area contributed by atoms with Gasteiger partial charge in [-0.3, -0.25) is 0 Å². The van der Waals surface area contributed by atoms with E-state index in [0.29, 0.717) is 6.04 Å². The van der Waals surface area contributed by atoms with Crippen LogP contribution in [0.2, 0.25) is 0 Å². The van der Waals surface area contributed by atoms with Crippen LogP contribution in [0.3, 0.4) is 0 Å². The molecular weight excluding hydrogens is 252 g/mol. The van der Waals surface area contributed by atoms with Crippen LogP contribution in [0.25, 0.3) is 0 Å². The van der Waals surface area contributed by atoms with Gasteiger partial charge in [-0.05, 0) is 31.6 Å². The standard InChI is InChI=1S/C15H24N4O/c1-2-4-11-7-13(11)18-14-8-15(17-10-16-14)19-6-3-5-12(19)9-20/h8,10-13,20H,2-7,9H2,1H3,(H,16,17,18). The van der Waals surface area contributed by atoms with Gasteiger partial charge < -0.3 is 15.3 Å². The van der Waals surface area contributed by atoms with E-state index in [1.54, 1.807) is 6.33 Å². The molecule has 2 heterocycles. The van der Waals surface area contributed by atoms with Gasteiger partial charge in [-0.1, -0.05) is 13.3 Å². The van der Waals surface area contributed by atoms with Gasteiger partial charge in [-0.2, -0.15) is 0 Å². The maximum absolute atomic E-state index is 9.42. The summed E-state index contributed by atoms with van der Waals surface area (Å²) in [4.78, 5) is 10.9. The van der Waals surface area contributed by atoms with Crippen LogP contribution < -0.4 is 10.2 Å². The highest BCUT2D eigenvalue weighted by molar-refractivity contribution is 5.50. The monoisotopic (exact) mass is 276 g/mol. The molecule has 110 valence electrons. The molecule has 1 saturated carbocycles. The lowest BCUT2D eigenvalue weighted by molar-refractivity contribution is 0.266. The van der Waals surface area contributed by atoms with Crippen LogP contribution >= 0.6 is 0 Å². The van der Waals surface area contributed by atoms with Gasteiger partial charge in [0.1, 0.15) is 18.0 Å². The number of aliphatic hydroxyl groups excluding tert-OH is 1. The molecule has 1 aromatic heterocycles. The maximum Gasteiger partial charge on any atom is 0.134 e. The Morgan fingerprint density at radius 3 is 3.15 bits per heavy atom. The van der Waals surface area contributed by atoms with Crippen LogP contribution in [0.5, 0.6) is 0 Å². The molecule has 20 heavy (non-hydrogen) atoms.